The van der Waals surface area contributed by atoms with Gasteiger partial charge in [-0.2, -0.15) is 13.2 Å². The van der Waals surface area contributed by atoms with Crippen molar-refractivity contribution in [3.8, 4) is 5.75 Å². The van der Waals surface area contributed by atoms with E-state index in [1.165, 1.54) is 23.3 Å². The molecule has 0 aromatic heterocycles. The summed E-state index contributed by atoms with van der Waals surface area (Å²) < 4.78 is 43.9. The molecule has 2 aromatic rings. The average Bonchev–Trinajstić information content (AvgIpc) is 2.96. The highest BCUT2D eigenvalue weighted by molar-refractivity contribution is 5.66. The van der Waals surface area contributed by atoms with E-state index in [0.29, 0.717) is 18.6 Å². The summed E-state index contributed by atoms with van der Waals surface area (Å²) >= 11 is 0. The number of alkyl halides is 3. The SMILES string of the molecule is O=C(O)CCCCN1CCCc2c(cccc2OC/C=C/c2ccc(C(F)(F)F)cc2)C1. The summed E-state index contributed by atoms with van der Waals surface area (Å²) in [5, 5.41) is 8.78. The number of aliphatic carboxylic acids is 1. The summed E-state index contributed by atoms with van der Waals surface area (Å²) in [5.74, 6) is 0.0904. The standard InChI is InChI=1S/C25H28F3NO3/c26-25(27,28)21-13-11-19(12-14-21)6-5-17-32-23-9-3-7-20-18-29(16-4-8-22(20)23)15-2-1-10-24(30)31/h3,5-7,9,11-14H,1-2,4,8,10,15-18H2,(H,30,31)/b6-5+. The van der Waals surface area contributed by atoms with Crippen molar-refractivity contribution in [3.05, 3.63) is 70.8 Å². The van der Waals surface area contributed by atoms with Crippen LogP contribution in [0.5, 0.6) is 5.75 Å². The van der Waals surface area contributed by atoms with Crippen molar-refractivity contribution >= 4 is 12.0 Å². The van der Waals surface area contributed by atoms with Crippen molar-refractivity contribution in [2.24, 2.45) is 0 Å². The van der Waals surface area contributed by atoms with Crippen LogP contribution in [0.1, 0.15) is 47.9 Å². The van der Waals surface area contributed by atoms with Crippen molar-refractivity contribution in [1.29, 1.82) is 0 Å². The van der Waals surface area contributed by atoms with Crippen molar-refractivity contribution in [2.75, 3.05) is 19.7 Å². The summed E-state index contributed by atoms with van der Waals surface area (Å²) in [7, 11) is 0. The predicted molar refractivity (Wildman–Crippen MR) is 117 cm³/mol. The van der Waals surface area contributed by atoms with Crippen LogP contribution >= 0.6 is 0 Å². The fourth-order valence-electron chi connectivity index (χ4n) is 3.89. The van der Waals surface area contributed by atoms with E-state index >= 15 is 0 Å². The van der Waals surface area contributed by atoms with Gasteiger partial charge in [0.1, 0.15) is 12.4 Å². The maximum Gasteiger partial charge on any atom is 0.416 e. The zero-order chi connectivity index (χ0) is 23.0. The Morgan fingerprint density at radius 2 is 1.91 bits per heavy atom. The first-order chi connectivity index (χ1) is 15.3. The second-order valence-corrected chi connectivity index (χ2v) is 7.96. The molecule has 0 fully saturated rings. The summed E-state index contributed by atoms with van der Waals surface area (Å²) in [6.07, 6.45) is 2.91. The van der Waals surface area contributed by atoms with Gasteiger partial charge in [-0.1, -0.05) is 30.3 Å². The first-order valence-electron chi connectivity index (χ1n) is 10.8. The molecule has 32 heavy (non-hydrogen) atoms. The Morgan fingerprint density at radius 3 is 2.62 bits per heavy atom. The number of hydrogen-bond donors (Lipinski definition) is 1. The lowest BCUT2D eigenvalue weighted by Gasteiger charge is -2.20. The molecule has 0 unspecified atom stereocenters. The molecule has 0 spiro atoms. The van der Waals surface area contributed by atoms with E-state index in [-0.39, 0.29) is 6.42 Å². The third-order valence-electron chi connectivity index (χ3n) is 5.52. The van der Waals surface area contributed by atoms with Crippen LogP contribution in [0.2, 0.25) is 0 Å². The quantitative estimate of drug-likeness (QED) is 0.494. The van der Waals surface area contributed by atoms with Gasteiger partial charge in [0.05, 0.1) is 5.56 Å². The first kappa shape index (κ1) is 23.9. The molecular weight excluding hydrogens is 419 g/mol. The molecule has 7 heteroatoms. The number of hydrogen-bond acceptors (Lipinski definition) is 3. The van der Waals surface area contributed by atoms with Crippen LogP contribution in [0.15, 0.2) is 48.5 Å². The number of halogens is 3. The highest BCUT2D eigenvalue weighted by atomic mass is 19.4. The molecule has 172 valence electrons. The van der Waals surface area contributed by atoms with Crippen molar-refractivity contribution in [1.82, 2.24) is 4.90 Å². The minimum absolute atomic E-state index is 0.211. The van der Waals surface area contributed by atoms with E-state index in [0.717, 1.165) is 56.8 Å². The highest BCUT2D eigenvalue weighted by Gasteiger charge is 2.29. The number of carboxylic acids is 1. The summed E-state index contributed by atoms with van der Waals surface area (Å²) in [4.78, 5) is 13.0. The molecule has 1 heterocycles. The topological polar surface area (TPSA) is 49.8 Å². The molecule has 0 saturated heterocycles. The maximum atomic E-state index is 12.6. The number of carbonyl (C=O) groups is 1. The van der Waals surface area contributed by atoms with Gasteiger partial charge in [-0.15, -0.1) is 0 Å². The van der Waals surface area contributed by atoms with Crippen LogP contribution in [0.25, 0.3) is 6.08 Å². The Kier molecular flexibility index (Phi) is 8.33. The summed E-state index contributed by atoms with van der Waals surface area (Å²) in [6, 6.07) is 11.1. The number of nitrogens with zero attached hydrogens (tertiary/aromatic N) is 1. The predicted octanol–water partition coefficient (Wildman–Crippen LogP) is 5.80. The van der Waals surface area contributed by atoms with Gasteiger partial charge in [0.25, 0.3) is 0 Å². The Morgan fingerprint density at radius 1 is 1.12 bits per heavy atom. The number of rotatable bonds is 9. The van der Waals surface area contributed by atoms with Crippen LogP contribution in [0.4, 0.5) is 13.2 Å². The number of benzene rings is 2. The van der Waals surface area contributed by atoms with Crippen LogP contribution in [0.3, 0.4) is 0 Å². The van der Waals surface area contributed by atoms with Crippen LogP contribution in [0, 0.1) is 0 Å². The molecular formula is C25H28F3NO3. The molecule has 3 rings (SSSR count). The summed E-state index contributed by atoms with van der Waals surface area (Å²) in [6.45, 7) is 3.00. The van der Waals surface area contributed by atoms with E-state index in [1.54, 1.807) is 12.2 Å². The van der Waals surface area contributed by atoms with E-state index in [4.69, 9.17) is 9.84 Å². The van der Waals surface area contributed by atoms with Gasteiger partial charge in [0.15, 0.2) is 0 Å². The van der Waals surface area contributed by atoms with Gasteiger partial charge in [0, 0.05) is 13.0 Å². The Bertz CT molecular complexity index is 923. The minimum Gasteiger partial charge on any atom is -0.489 e. The monoisotopic (exact) mass is 447 g/mol. The number of fused-ring (bicyclic) bond motifs is 1. The largest absolute Gasteiger partial charge is 0.489 e. The average molecular weight is 447 g/mol. The van der Waals surface area contributed by atoms with Gasteiger partial charge in [-0.05, 0) is 79.7 Å². The molecule has 1 aliphatic rings. The van der Waals surface area contributed by atoms with Crippen molar-refractivity contribution in [3.63, 3.8) is 0 Å². The number of carboxylic acid groups (broad SMARTS) is 1. The smallest absolute Gasteiger partial charge is 0.416 e. The normalized spacial score (nSPS) is 14.8. The molecule has 1 N–H and O–H groups in total. The van der Waals surface area contributed by atoms with Crippen LogP contribution in [-0.2, 0) is 23.9 Å². The molecule has 1 aliphatic heterocycles. The number of unbranched alkanes of at least 4 members (excludes halogenated alkanes) is 1. The van der Waals surface area contributed by atoms with Crippen LogP contribution < -0.4 is 4.74 Å². The van der Waals surface area contributed by atoms with E-state index in [2.05, 4.69) is 11.0 Å². The van der Waals surface area contributed by atoms with Gasteiger partial charge in [0.2, 0.25) is 0 Å². The molecule has 0 amide bonds. The minimum atomic E-state index is -4.33. The second-order valence-electron chi connectivity index (χ2n) is 7.96. The first-order valence-corrected chi connectivity index (χ1v) is 10.8. The van der Waals surface area contributed by atoms with Gasteiger partial charge >= 0.3 is 12.1 Å². The van der Waals surface area contributed by atoms with E-state index in [9.17, 15) is 18.0 Å². The summed E-state index contributed by atoms with van der Waals surface area (Å²) in [5.41, 5.74) is 2.45. The molecule has 0 bridgehead atoms. The maximum absolute atomic E-state index is 12.6. The van der Waals surface area contributed by atoms with E-state index in [1.807, 2.05) is 12.1 Å². The zero-order valence-electron chi connectivity index (χ0n) is 17.9. The van der Waals surface area contributed by atoms with Crippen molar-refractivity contribution < 1.29 is 27.8 Å². The van der Waals surface area contributed by atoms with Crippen LogP contribution in [-0.4, -0.2) is 35.7 Å². The lowest BCUT2D eigenvalue weighted by molar-refractivity contribution is -0.138. The molecule has 2 aromatic carbocycles. The fraction of sp³-hybridized carbons (Fsp3) is 0.400. The van der Waals surface area contributed by atoms with Gasteiger partial charge in [-0.25, -0.2) is 0 Å². The highest BCUT2D eigenvalue weighted by Crippen LogP contribution is 2.30. The number of ether oxygens (including phenoxy) is 1. The lowest BCUT2D eigenvalue weighted by Crippen LogP contribution is -2.24. The van der Waals surface area contributed by atoms with Gasteiger partial charge in [-0.3, -0.25) is 9.69 Å². The Balaban J connectivity index is 1.54. The fourth-order valence-corrected chi connectivity index (χ4v) is 3.89. The lowest BCUT2D eigenvalue weighted by atomic mass is 10.0. The Labute approximate surface area is 186 Å². The Hall–Kier alpha value is -2.80. The molecule has 0 atom stereocenters. The third kappa shape index (κ3) is 7.12. The zero-order valence-corrected chi connectivity index (χ0v) is 17.9. The second kappa shape index (κ2) is 11.2. The molecule has 0 aliphatic carbocycles. The van der Waals surface area contributed by atoms with Crippen molar-refractivity contribution in [2.45, 2.75) is 44.8 Å². The molecule has 0 saturated carbocycles. The molecule has 4 nitrogen and oxygen atoms in total. The van der Waals surface area contributed by atoms with Gasteiger partial charge < -0.3 is 9.84 Å². The third-order valence-corrected chi connectivity index (χ3v) is 5.52. The molecule has 0 radical (unpaired) electrons. The van der Waals surface area contributed by atoms with E-state index < -0.39 is 17.7 Å².